The molecule has 2 atom stereocenters. The maximum atomic E-state index is 12.2. The van der Waals surface area contributed by atoms with Gasteiger partial charge in [-0.3, -0.25) is 4.21 Å². The Labute approximate surface area is 102 Å². The Morgan fingerprint density at radius 3 is 2.50 bits per heavy atom. The maximum Gasteiger partial charge on any atom is 0.0394 e. The second-order valence-electron chi connectivity index (χ2n) is 5.35. The van der Waals surface area contributed by atoms with E-state index in [1.54, 1.807) is 0 Å². The molecule has 0 aromatic carbocycles. The minimum Gasteiger partial charge on any atom is -0.313 e. The van der Waals surface area contributed by atoms with E-state index in [0.717, 1.165) is 18.2 Å². The number of nitrogens with one attached hydrogen (secondary N) is 1. The van der Waals surface area contributed by atoms with Crippen molar-refractivity contribution in [3.63, 3.8) is 0 Å². The molecule has 94 valence electrons. The van der Waals surface area contributed by atoms with Gasteiger partial charge in [0.15, 0.2) is 0 Å². The van der Waals surface area contributed by atoms with Gasteiger partial charge in [0, 0.05) is 27.8 Å². The molecule has 0 heterocycles. The first-order chi connectivity index (χ1) is 7.81. The van der Waals surface area contributed by atoms with Crippen LogP contribution >= 0.6 is 0 Å². The fourth-order valence-corrected chi connectivity index (χ4v) is 4.53. The van der Waals surface area contributed by atoms with Crippen LogP contribution in [-0.2, 0) is 10.8 Å². The highest BCUT2D eigenvalue weighted by Crippen LogP contribution is 2.34. The van der Waals surface area contributed by atoms with Crippen LogP contribution in [0.25, 0.3) is 0 Å². The molecule has 2 nitrogen and oxygen atoms in total. The molecule has 16 heavy (non-hydrogen) atoms. The highest BCUT2D eigenvalue weighted by atomic mass is 32.2. The van der Waals surface area contributed by atoms with Crippen molar-refractivity contribution < 1.29 is 4.21 Å². The zero-order chi connectivity index (χ0) is 11.4. The zero-order valence-electron chi connectivity index (χ0n) is 10.4. The van der Waals surface area contributed by atoms with Crippen LogP contribution in [0.5, 0.6) is 0 Å². The van der Waals surface area contributed by atoms with E-state index in [1.807, 2.05) is 0 Å². The summed E-state index contributed by atoms with van der Waals surface area (Å²) in [6.45, 7) is 3.29. The lowest BCUT2D eigenvalue weighted by Crippen LogP contribution is -2.38. The quantitative estimate of drug-likeness (QED) is 0.744. The Kier molecular flexibility index (Phi) is 4.83. The van der Waals surface area contributed by atoms with Crippen molar-refractivity contribution in [1.29, 1.82) is 0 Å². The minimum atomic E-state index is -0.572. The van der Waals surface area contributed by atoms with Gasteiger partial charge in [0.05, 0.1) is 0 Å². The fraction of sp³-hybridized carbons (Fsp3) is 1.00. The molecule has 2 unspecified atom stereocenters. The summed E-state index contributed by atoms with van der Waals surface area (Å²) in [5.41, 5.74) is 0. The van der Waals surface area contributed by atoms with E-state index >= 15 is 0 Å². The third-order valence-corrected chi connectivity index (χ3v) is 5.77. The van der Waals surface area contributed by atoms with Crippen LogP contribution in [0.3, 0.4) is 0 Å². The summed E-state index contributed by atoms with van der Waals surface area (Å²) < 4.78 is 12.2. The largest absolute Gasteiger partial charge is 0.313 e. The van der Waals surface area contributed by atoms with Gasteiger partial charge in [-0.2, -0.15) is 0 Å². The van der Waals surface area contributed by atoms with E-state index in [-0.39, 0.29) is 0 Å². The summed E-state index contributed by atoms with van der Waals surface area (Å²) in [5.74, 6) is 1.74. The van der Waals surface area contributed by atoms with Crippen molar-refractivity contribution >= 4 is 10.8 Å². The molecule has 0 bridgehead atoms. The average molecular weight is 243 g/mol. The standard InChI is InChI=1S/C13H25NOS/c1-2-9-14-13(11-7-8-11)10-16(15)12-5-3-4-6-12/h11-14H,2-10H2,1H3. The smallest absolute Gasteiger partial charge is 0.0394 e. The fourth-order valence-electron chi connectivity index (χ4n) is 2.65. The molecule has 0 saturated heterocycles. The molecular formula is C13H25NOS. The molecular weight excluding hydrogens is 218 g/mol. The van der Waals surface area contributed by atoms with E-state index in [2.05, 4.69) is 12.2 Å². The van der Waals surface area contributed by atoms with E-state index in [9.17, 15) is 4.21 Å². The van der Waals surface area contributed by atoms with Gasteiger partial charge in [-0.1, -0.05) is 19.8 Å². The molecule has 2 fully saturated rings. The molecule has 2 saturated carbocycles. The zero-order valence-corrected chi connectivity index (χ0v) is 11.2. The average Bonchev–Trinajstić information content (AvgIpc) is 2.98. The highest BCUT2D eigenvalue weighted by Gasteiger charge is 2.33. The highest BCUT2D eigenvalue weighted by molar-refractivity contribution is 7.85. The monoisotopic (exact) mass is 243 g/mol. The summed E-state index contributed by atoms with van der Waals surface area (Å²) in [7, 11) is -0.572. The van der Waals surface area contributed by atoms with Crippen LogP contribution < -0.4 is 5.32 Å². The van der Waals surface area contributed by atoms with Crippen LogP contribution in [0.4, 0.5) is 0 Å². The van der Waals surface area contributed by atoms with Gasteiger partial charge in [0.1, 0.15) is 0 Å². The lowest BCUT2D eigenvalue weighted by molar-refractivity contribution is 0.497. The topological polar surface area (TPSA) is 29.1 Å². The van der Waals surface area contributed by atoms with Crippen molar-refractivity contribution in [3.05, 3.63) is 0 Å². The van der Waals surface area contributed by atoms with Crippen LogP contribution in [0, 0.1) is 5.92 Å². The molecule has 0 spiro atoms. The third kappa shape index (κ3) is 3.56. The molecule has 1 N–H and O–H groups in total. The minimum absolute atomic E-state index is 0.518. The van der Waals surface area contributed by atoms with Crippen molar-refractivity contribution in [2.45, 2.75) is 63.2 Å². The van der Waals surface area contributed by atoms with Gasteiger partial charge < -0.3 is 5.32 Å². The van der Waals surface area contributed by atoms with Crippen LogP contribution in [0.15, 0.2) is 0 Å². The SMILES string of the molecule is CCCNC(CS(=O)C1CCCC1)C1CC1. The second kappa shape index (κ2) is 6.15. The Hall–Kier alpha value is 0.110. The summed E-state index contributed by atoms with van der Waals surface area (Å²) in [6, 6.07) is 0.543. The second-order valence-corrected chi connectivity index (χ2v) is 7.11. The molecule has 0 aliphatic heterocycles. The van der Waals surface area contributed by atoms with Crippen molar-refractivity contribution in [1.82, 2.24) is 5.32 Å². The van der Waals surface area contributed by atoms with E-state index in [1.165, 1.54) is 44.9 Å². The molecule has 3 heteroatoms. The number of hydrogen-bond donors (Lipinski definition) is 1. The van der Waals surface area contributed by atoms with Crippen LogP contribution in [0.2, 0.25) is 0 Å². The molecule has 0 aromatic heterocycles. The predicted octanol–water partition coefficient (Wildman–Crippen LogP) is 2.46. The normalized spacial score (nSPS) is 25.8. The van der Waals surface area contributed by atoms with Crippen LogP contribution in [0.1, 0.15) is 51.9 Å². The van der Waals surface area contributed by atoms with Crippen molar-refractivity contribution in [2.24, 2.45) is 5.92 Å². The Bertz CT molecular complexity index is 234. The number of rotatable bonds is 7. The van der Waals surface area contributed by atoms with Crippen molar-refractivity contribution in [2.75, 3.05) is 12.3 Å². The first kappa shape index (κ1) is 12.6. The lowest BCUT2D eigenvalue weighted by Gasteiger charge is -2.19. The van der Waals surface area contributed by atoms with E-state index < -0.39 is 10.8 Å². The van der Waals surface area contributed by atoms with E-state index in [0.29, 0.717) is 11.3 Å². The third-order valence-electron chi connectivity index (χ3n) is 3.87. The van der Waals surface area contributed by atoms with Gasteiger partial charge in [-0.05, 0) is 44.6 Å². The van der Waals surface area contributed by atoms with Gasteiger partial charge in [-0.15, -0.1) is 0 Å². The van der Waals surface area contributed by atoms with Gasteiger partial charge in [-0.25, -0.2) is 0 Å². The molecule has 2 aliphatic rings. The maximum absolute atomic E-state index is 12.2. The van der Waals surface area contributed by atoms with Gasteiger partial charge in [0.2, 0.25) is 0 Å². The summed E-state index contributed by atoms with van der Waals surface area (Å²) >= 11 is 0. The van der Waals surface area contributed by atoms with Gasteiger partial charge in [0.25, 0.3) is 0 Å². The summed E-state index contributed by atoms with van der Waals surface area (Å²) in [6.07, 6.45) is 8.89. The first-order valence-electron chi connectivity index (χ1n) is 6.91. The van der Waals surface area contributed by atoms with Crippen LogP contribution in [-0.4, -0.2) is 27.8 Å². The molecule has 2 rings (SSSR count). The Morgan fingerprint density at radius 2 is 1.94 bits per heavy atom. The molecule has 2 aliphatic carbocycles. The van der Waals surface area contributed by atoms with Crippen molar-refractivity contribution in [3.8, 4) is 0 Å². The Balaban J connectivity index is 1.77. The lowest BCUT2D eigenvalue weighted by atomic mass is 10.2. The van der Waals surface area contributed by atoms with Gasteiger partial charge >= 0.3 is 0 Å². The first-order valence-corrected chi connectivity index (χ1v) is 8.30. The molecule has 0 radical (unpaired) electrons. The Morgan fingerprint density at radius 1 is 1.25 bits per heavy atom. The molecule has 0 aromatic rings. The summed E-state index contributed by atoms with van der Waals surface area (Å²) in [5, 5.41) is 4.11. The van der Waals surface area contributed by atoms with E-state index in [4.69, 9.17) is 0 Å². The predicted molar refractivity (Wildman–Crippen MR) is 70.1 cm³/mol. The molecule has 0 amide bonds. The number of hydrogen-bond acceptors (Lipinski definition) is 2. The summed E-state index contributed by atoms with van der Waals surface area (Å²) in [4.78, 5) is 0.